The number of carbonyl (C=O) groups is 1. The molecule has 0 bridgehead atoms. The molecule has 0 aliphatic heterocycles. The first kappa shape index (κ1) is 15.9. The maximum Gasteiger partial charge on any atom is 0.274 e. The largest absolute Gasteiger partial charge is 0.378 e. The topological polar surface area (TPSA) is 58.2 Å². The van der Waals surface area contributed by atoms with Gasteiger partial charge in [0.2, 0.25) is 5.95 Å². The summed E-state index contributed by atoms with van der Waals surface area (Å²) >= 11 is 0. The molecule has 1 aromatic rings. The first-order valence-corrected chi connectivity index (χ1v) is 7.47. The molecule has 1 aromatic heterocycles. The number of aromatic amines is 1. The van der Waals surface area contributed by atoms with Crippen molar-refractivity contribution in [3.05, 3.63) is 17.7 Å². The van der Waals surface area contributed by atoms with Crippen molar-refractivity contribution in [2.75, 3.05) is 13.7 Å². The lowest BCUT2D eigenvalue weighted by atomic mass is 9.63. The average Bonchev–Trinajstić information content (AvgIpc) is 2.87. The zero-order valence-corrected chi connectivity index (χ0v) is 13.1. The molecule has 21 heavy (non-hydrogen) atoms. The van der Waals surface area contributed by atoms with Crippen LogP contribution in [0.4, 0.5) is 4.39 Å². The molecule has 2 rings (SSSR count). The van der Waals surface area contributed by atoms with Crippen LogP contribution in [0, 0.1) is 11.4 Å². The molecule has 1 saturated carbocycles. The van der Waals surface area contributed by atoms with Crippen molar-refractivity contribution in [2.24, 2.45) is 5.41 Å². The Morgan fingerprint density at radius 2 is 2.33 bits per heavy atom. The minimum Gasteiger partial charge on any atom is -0.378 e. The Hall–Kier alpha value is -1.43. The summed E-state index contributed by atoms with van der Waals surface area (Å²) in [5.74, 6) is -0.861. The highest BCUT2D eigenvalue weighted by Gasteiger charge is 2.52. The lowest BCUT2D eigenvalue weighted by Crippen LogP contribution is -2.62. The second-order valence-corrected chi connectivity index (χ2v) is 6.30. The van der Waals surface area contributed by atoms with Crippen LogP contribution in [0.15, 0.2) is 6.07 Å². The van der Waals surface area contributed by atoms with Crippen LogP contribution in [0.3, 0.4) is 0 Å². The Morgan fingerprint density at radius 1 is 1.62 bits per heavy atom. The van der Waals surface area contributed by atoms with Crippen LogP contribution >= 0.6 is 0 Å². The zero-order valence-electron chi connectivity index (χ0n) is 13.1. The number of nitrogens with zero attached hydrogens (tertiary/aromatic N) is 2. The van der Waals surface area contributed by atoms with Gasteiger partial charge in [0.1, 0.15) is 0 Å². The Labute approximate surface area is 124 Å². The molecule has 0 saturated heterocycles. The number of nitrogens with one attached hydrogen (secondary N) is 1. The molecular weight excluding hydrogens is 273 g/mol. The van der Waals surface area contributed by atoms with E-state index in [9.17, 15) is 9.18 Å². The third kappa shape index (κ3) is 3.10. The summed E-state index contributed by atoms with van der Waals surface area (Å²) in [5.41, 5.74) is 0.00801. The second-order valence-electron chi connectivity index (χ2n) is 6.30. The van der Waals surface area contributed by atoms with E-state index in [-0.39, 0.29) is 29.2 Å². The highest BCUT2D eigenvalue weighted by Crippen LogP contribution is 2.45. The molecule has 0 spiro atoms. The number of rotatable bonds is 6. The summed E-state index contributed by atoms with van der Waals surface area (Å²) in [7, 11) is 1.74. The number of unbranched alkanes of at least 4 members (excludes halogenated alkanes) is 1. The van der Waals surface area contributed by atoms with Crippen LogP contribution in [0.5, 0.6) is 0 Å². The summed E-state index contributed by atoms with van der Waals surface area (Å²) < 4.78 is 18.8. The molecule has 1 heterocycles. The molecule has 1 aliphatic rings. The van der Waals surface area contributed by atoms with E-state index in [1.165, 1.54) is 0 Å². The van der Waals surface area contributed by atoms with Crippen molar-refractivity contribution < 1.29 is 13.9 Å². The van der Waals surface area contributed by atoms with Gasteiger partial charge in [0.15, 0.2) is 5.69 Å². The number of amides is 1. The van der Waals surface area contributed by atoms with Gasteiger partial charge in [-0.2, -0.15) is 9.49 Å². The molecule has 1 N–H and O–H groups in total. The summed E-state index contributed by atoms with van der Waals surface area (Å²) in [6, 6.07) is 1.20. The second kappa shape index (κ2) is 6.13. The molecule has 5 nitrogen and oxygen atoms in total. The summed E-state index contributed by atoms with van der Waals surface area (Å²) in [5, 5.41) is 5.84. The molecule has 2 atom stereocenters. The Bertz CT molecular complexity index is 501. The summed E-state index contributed by atoms with van der Waals surface area (Å²) in [6.45, 7) is 7.10. The van der Waals surface area contributed by atoms with Crippen molar-refractivity contribution in [2.45, 2.75) is 52.2 Å². The van der Waals surface area contributed by atoms with E-state index in [0.29, 0.717) is 0 Å². The van der Waals surface area contributed by atoms with E-state index in [4.69, 9.17) is 4.74 Å². The molecule has 1 aliphatic carbocycles. The molecule has 0 aromatic carbocycles. The Morgan fingerprint density at radius 3 is 2.86 bits per heavy atom. The van der Waals surface area contributed by atoms with Gasteiger partial charge in [0.25, 0.3) is 5.91 Å². The highest BCUT2D eigenvalue weighted by molar-refractivity contribution is 5.92. The van der Waals surface area contributed by atoms with Crippen LogP contribution in [0.25, 0.3) is 0 Å². The number of hydrogen-bond donors (Lipinski definition) is 1. The minimum atomic E-state index is -0.597. The van der Waals surface area contributed by atoms with E-state index < -0.39 is 5.95 Å². The SMILES string of the molecule is CCCCOC1CC(N(C)C(=O)c2cc(F)[nH]n2)C1(C)C. The normalized spacial score (nSPS) is 23.7. The summed E-state index contributed by atoms with van der Waals surface area (Å²) in [4.78, 5) is 13.9. The van der Waals surface area contributed by atoms with Crippen molar-refractivity contribution >= 4 is 5.91 Å². The number of aromatic nitrogens is 2. The third-order valence-corrected chi connectivity index (χ3v) is 4.50. The van der Waals surface area contributed by atoms with Gasteiger partial charge in [-0.05, 0) is 12.8 Å². The lowest BCUT2D eigenvalue weighted by Gasteiger charge is -2.54. The maximum atomic E-state index is 12.9. The Balaban J connectivity index is 1.95. The third-order valence-electron chi connectivity index (χ3n) is 4.50. The van der Waals surface area contributed by atoms with Crippen molar-refractivity contribution in [3.63, 3.8) is 0 Å². The molecule has 1 amide bonds. The van der Waals surface area contributed by atoms with E-state index in [1.54, 1.807) is 11.9 Å². The predicted octanol–water partition coefficient (Wildman–Crippen LogP) is 2.60. The first-order valence-electron chi connectivity index (χ1n) is 7.47. The smallest absolute Gasteiger partial charge is 0.274 e. The molecule has 2 unspecified atom stereocenters. The number of hydrogen-bond acceptors (Lipinski definition) is 3. The number of ether oxygens (including phenoxy) is 1. The Kier molecular flexibility index (Phi) is 4.66. The van der Waals surface area contributed by atoms with Gasteiger partial charge in [-0.3, -0.25) is 9.89 Å². The van der Waals surface area contributed by atoms with Crippen molar-refractivity contribution in [1.29, 1.82) is 0 Å². The van der Waals surface area contributed by atoms with Gasteiger partial charge in [0.05, 0.1) is 6.10 Å². The van der Waals surface area contributed by atoms with E-state index in [1.807, 2.05) is 0 Å². The van der Waals surface area contributed by atoms with Gasteiger partial charge >= 0.3 is 0 Å². The molecular formula is C15H24FN3O2. The van der Waals surface area contributed by atoms with Crippen molar-refractivity contribution in [3.8, 4) is 0 Å². The van der Waals surface area contributed by atoms with Crippen molar-refractivity contribution in [1.82, 2.24) is 15.1 Å². The fourth-order valence-corrected chi connectivity index (χ4v) is 2.90. The van der Waals surface area contributed by atoms with Gasteiger partial charge in [-0.1, -0.05) is 27.2 Å². The van der Waals surface area contributed by atoms with Crippen LogP contribution in [-0.4, -0.2) is 46.8 Å². The molecule has 118 valence electrons. The predicted molar refractivity (Wildman–Crippen MR) is 77.5 cm³/mol. The van der Waals surface area contributed by atoms with Crippen LogP contribution in [-0.2, 0) is 4.74 Å². The van der Waals surface area contributed by atoms with E-state index >= 15 is 0 Å². The number of halogens is 1. The van der Waals surface area contributed by atoms with E-state index in [0.717, 1.165) is 31.9 Å². The first-order chi connectivity index (χ1) is 9.87. The lowest BCUT2D eigenvalue weighted by molar-refractivity contribution is -0.140. The van der Waals surface area contributed by atoms with Gasteiger partial charge in [-0.25, -0.2) is 0 Å². The van der Waals surface area contributed by atoms with Crippen LogP contribution in [0.2, 0.25) is 0 Å². The van der Waals surface area contributed by atoms with Crippen LogP contribution < -0.4 is 0 Å². The highest BCUT2D eigenvalue weighted by atomic mass is 19.1. The maximum absolute atomic E-state index is 12.9. The van der Waals surface area contributed by atoms with Crippen LogP contribution in [0.1, 0.15) is 50.5 Å². The zero-order chi connectivity index (χ0) is 15.6. The molecule has 6 heteroatoms. The van der Waals surface area contributed by atoms with Gasteiger partial charge in [0, 0.05) is 31.2 Å². The molecule has 0 radical (unpaired) electrons. The minimum absolute atomic E-state index is 0.0800. The fraction of sp³-hybridized carbons (Fsp3) is 0.733. The monoisotopic (exact) mass is 297 g/mol. The number of H-pyrrole nitrogens is 1. The fourth-order valence-electron chi connectivity index (χ4n) is 2.90. The van der Waals surface area contributed by atoms with E-state index in [2.05, 4.69) is 31.0 Å². The number of carbonyl (C=O) groups excluding carboxylic acids is 1. The molecule has 1 fully saturated rings. The summed E-state index contributed by atoms with van der Waals surface area (Å²) in [6.07, 6.45) is 3.14. The average molecular weight is 297 g/mol. The van der Waals surface area contributed by atoms with Gasteiger partial charge < -0.3 is 9.64 Å². The van der Waals surface area contributed by atoms with Gasteiger partial charge in [-0.15, -0.1) is 0 Å². The standard InChI is InChI=1S/C15H24FN3O2/c1-5-6-7-21-12-9-11(15(12,2)3)19(4)14(20)10-8-13(16)18-17-10/h8,11-12H,5-7,9H2,1-4H3,(H,17,18). The quantitative estimate of drug-likeness (QED) is 0.821.